The quantitative estimate of drug-likeness (QED) is 0.671. The summed E-state index contributed by atoms with van der Waals surface area (Å²) in [4.78, 5) is 19.0. The smallest absolute Gasteiger partial charge is 0.225 e. The second kappa shape index (κ2) is 9.55. The zero-order valence-electron chi connectivity index (χ0n) is 21.9. The van der Waals surface area contributed by atoms with E-state index in [2.05, 4.69) is 34.8 Å². The highest BCUT2D eigenvalue weighted by Gasteiger charge is 2.44. The zero-order valence-corrected chi connectivity index (χ0v) is 21.9. The van der Waals surface area contributed by atoms with Crippen molar-refractivity contribution in [3.63, 3.8) is 0 Å². The highest BCUT2D eigenvalue weighted by molar-refractivity contribution is 5.84. The van der Waals surface area contributed by atoms with Crippen molar-refractivity contribution < 1.29 is 14.3 Å². The van der Waals surface area contributed by atoms with E-state index in [0.717, 1.165) is 74.3 Å². The summed E-state index contributed by atoms with van der Waals surface area (Å²) in [6.07, 6.45) is 11.6. The molecule has 8 heteroatoms. The summed E-state index contributed by atoms with van der Waals surface area (Å²) in [5, 5.41) is 15.9. The van der Waals surface area contributed by atoms with Crippen molar-refractivity contribution in [3.05, 3.63) is 48.3 Å². The van der Waals surface area contributed by atoms with Gasteiger partial charge in [0.15, 0.2) is 0 Å². The molecule has 0 bridgehead atoms. The first-order valence-corrected chi connectivity index (χ1v) is 13.8. The van der Waals surface area contributed by atoms with Crippen molar-refractivity contribution in [3.8, 4) is 0 Å². The van der Waals surface area contributed by atoms with E-state index >= 15 is 4.39 Å². The number of carbonyl (C=O) groups excluding carboxylic acids is 1. The largest absolute Gasteiger partial charge is 0.388 e. The monoisotopic (exact) mass is 507 g/mol. The van der Waals surface area contributed by atoms with Crippen LogP contribution in [0.2, 0.25) is 0 Å². The molecular formula is C29H38FN5O2. The fourth-order valence-electron chi connectivity index (χ4n) is 6.30. The molecule has 0 aromatic carbocycles. The number of piperidine rings is 1. The Kier molecular flexibility index (Phi) is 6.35. The Morgan fingerprint density at radius 1 is 1.19 bits per heavy atom. The Morgan fingerprint density at radius 2 is 1.97 bits per heavy atom. The summed E-state index contributed by atoms with van der Waals surface area (Å²) in [7, 11) is 0. The number of anilines is 1. The summed E-state index contributed by atoms with van der Waals surface area (Å²) >= 11 is 0. The van der Waals surface area contributed by atoms with Gasteiger partial charge in [-0.05, 0) is 69.9 Å². The van der Waals surface area contributed by atoms with Gasteiger partial charge in [0.05, 0.1) is 16.8 Å². The number of hydrogen-bond acceptors (Lipinski definition) is 5. The predicted octanol–water partition coefficient (Wildman–Crippen LogP) is 3.54. The van der Waals surface area contributed by atoms with Crippen molar-refractivity contribution in [1.82, 2.24) is 19.4 Å². The number of fused-ring (bicyclic) bond motifs is 1. The first kappa shape index (κ1) is 24.6. The predicted molar refractivity (Wildman–Crippen MR) is 143 cm³/mol. The van der Waals surface area contributed by atoms with E-state index in [1.165, 1.54) is 0 Å². The first-order valence-electron chi connectivity index (χ1n) is 13.8. The second-order valence-electron chi connectivity index (χ2n) is 11.6. The van der Waals surface area contributed by atoms with E-state index in [-0.39, 0.29) is 5.92 Å². The minimum atomic E-state index is -1.25. The fraction of sp³-hybridized carbons (Fsp3) is 0.586. The molecule has 198 valence electrons. The third-order valence-electron chi connectivity index (χ3n) is 8.73. The minimum Gasteiger partial charge on any atom is -0.388 e. The van der Waals surface area contributed by atoms with Crippen molar-refractivity contribution in [2.45, 2.75) is 57.3 Å². The maximum atomic E-state index is 15.6. The Balaban J connectivity index is 1.19. The molecule has 2 saturated heterocycles. The van der Waals surface area contributed by atoms with E-state index in [4.69, 9.17) is 0 Å². The summed E-state index contributed by atoms with van der Waals surface area (Å²) in [5.41, 5.74) is 2.74. The van der Waals surface area contributed by atoms with Gasteiger partial charge in [-0.2, -0.15) is 5.10 Å². The van der Waals surface area contributed by atoms with Crippen LogP contribution in [0, 0.1) is 11.8 Å². The molecule has 0 spiro atoms. The number of carbonyl (C=O) groups is 1. The highest BCUT2D eigenvalue weighted by atomic mass is 19.1. The van der Waals surface area contributed by atoms with Gasteiger partial charge in [-0.15, -0.1) is 0 Å². The Bertz CT molecular complexity index is 1230. The molecule has 4 heterocycles. The number of allylic oxidation sites excluding steroid dienone is 3. The number of nitrogens with zero attached hydrogens (tertiary/aromatic N) is 5. The Labute approximate surface area is 218 Å². The van der Waals surface area contributed by atoms with E-state index in [1.54, 1.807) is 12.3 Å². The molecule has 1 saturated carbocycles. The topological polar surface area (TPSA) is 64.3 Å². The van der Waals surface area contributed by atoms with Gasteiger partial charge >= 0.3 is 0 Å². The normalized spacial score (nSPS) is 29.3. The first-order chi connectivity index (χ1) is 17.8. The van der Waals surface area contributed by atoms with Gasteiger partial charge in [0.25, 0.3) is 0 Å². The molecule has 3 atom stereocenters. The standard InChI is InChI=1S/C29H38FN5O2/c1-20(2)34-11-3-9-29(37,19-34)24-7-6-22(16-25(24)30)23-17-27-26(8-10-31-35(27)18-23)32-12-14-33(15-13-32)28(36)21-4-5-21/h6-8,10,16-18,20-21,24-25,37H,3-5,9,11-15,19H2,1-2H3/t24?,25?,29-/m1/s1. The van der Waals surface area contributed by atoms with Gasteiger partial charge in [-0.25, -0.2) is 8.91 Å². The lowest BCUT2D eigenvalue weighted by atomic mass is 9.75. The van der Waals surface area contributed by atoms with E-state index < -0.39 is 17.7 Å². The molecule has 2 aromatic rings. The van der Waals surface area contributed by atoms with Crippen LogP contribution < -0.4 is 4.90 Å². The molecule has 2 aromatic heterocycles. The third kappa shape index (κ3) is 4.70. The average molecular weight is 508 g/mol. The number of likely N-dealkylation sites (tertiary alicyclic amines) is 1. The van der Waals surface area contributed by atoms with Gasteiger partial charge in [-0.1, -0.05) is 12.2 Å². The lowest BCUT2D eigenvalue weighted by molar-refractivity contribution is -0.132. The number of β-amino-alcohol motifs (C(OH)–C–C–N with tert-alkyl or cyclic N) is 1. The van der Waals surface area contributed by atoms with Gasteiger partial charge in [-0.3, -0.25) is 9.69 Å². The molecular weight excluding hydrogens is 469 g/mol. The molecule has 1 N–H and O–H groups in total. The number of piperazine rings is 1. The maximum absolute atomic E-state index is 15.6. The molecule has 0 radical (unpaired) electrons. The van der Waals surface area contributed by atoms with Crippen LogP contribution in [0.25, 0.3) is 11.1 Å². The molecule has 3 fully saturated rings. The van der Waals surface area contributed by atoms with E-state index in [9.17, 15) is 9.90 Å². The van der Waals surface area contributed by atoms with Crippen LogP contribution in [0.4, 0.5) is 10.1 Å². The molecule has 37 heavy (non-hydrogen) atoms. The molecule has 6 rings (SSSR count). The van der Waals surface area contributed by atoms with Crippen molar-refractivity contribution >= 4 is 22.7 Å². The van der Waals surface area contributed by atoms with Crippen molar-refractivity contribution in [2.24, 2.45) is 11.8 Å². The lowest BCUT2D eigenvalue weighted by Gasteiger charge is -2.45. The maximum Gasteiger partial charge on any atom is 0.225 e. The second-order valence-corrected chi connectivity index (χ2v) is 11.6. The molecule has 7 nitrogen and oxygen atoms in total. The number of hydrogen-bond donors (Lipinski definition) is 1. The third-order valence-corrected chi connectivity index (χ3v) is 8.73. The van der Waals surface area contributed by atoms with E-state index in [0.29, 0.717) is 24.9 Å². The Morgan fingerprint density at radius 3 is 2.68 bits per heavy atom. The summed E-state index contributed by atoms with van der Waals surface area (Å²) < 4.78 is 17.4. The molecule has 2 aliphatic carbocycles. The van der Waals surface area contributed by atoms with E-state index in [1.807, 2.05) is 33.8 Å². The minimum absolute atomic E-state index is 0.260. The van der Waals surface area contributed by atoms with Crippen molar-refractivity contribution in [1.29, 1.82) is 0 Å². The van der Waals surface area contributed by atoms with Crippen LogP contribution in [0.5, 0.6) is 0 Å². The average Bonchev–Trinajstić information content (AvgIpc) is 3.65. The summed E-state index contributed by atoms with van der Waals surface area (Å²) in [6.45, 7) is 8.78. The molecule has 2 aliphatic heterocycles. The van der Waals surface area contributed by atoms with Gasteiger partial charge in [0, 0.05) is 68.6 Å². The lowest BCUT2D eigenvalue weighted by Crippen LogP contribution is -2.56. The van der Waals surface area contributed by atoms with Crippen LogP contribution in [0.3, 0.4) is 0 Å². The molecule has 1 amide bonds. The molecule has 4 aliphatic rings. The van der Waals surface area contributed by atoms with Crippen LogP contribution >= 0.6 is 0 Å². The fourth-order valence-corrected chi connectivity index (χ4v) is 6.30. The van der Waals surface area contributed by atoms with Crippen LogP contribution in [-0.4, -0.2) is 87.5 Å². The van der Waals surface area contributed by atoms with Crippen LogP contribution in [0.15, 0.2) is 42.8 Å². The number of amides is 1. The van der Waals surface area contributed by atoms with Gasteiger partial charge < -0.3 is 14.9 Å². The van der Waals surface area contributed by atoms with Crippen LogP contribution in [0.1, 0.15) is 45.1 Å². The number of halogens is 1. The summed E-state index contributed by atoms with van der Waals surface area (Å²) in [6, 6.07) is 4.43. The number of alkyl halides is 1. The number of aromatic nitrogens is 2. The Hall–Kier alpha value is -2.71. The molecule has 2 unspecified atom stereocenters. The summed E-state index contributed by atoms with van der Waals surface area (Å²) in [5.74, 6) is 0.0312. The zero-order chi connectivity index (χ0) is 25.7. The number of rotatable bonds is 5. The number of aliphatic hydroxyl groups is 1. The SMILES string of the molecule is CC(C)N1CCC[C@](O)(C2C=CC(c3cc4c(N5CCN(C(=O)C6CC6)CC5)ccnn4c3)=CC2F)C1. The van der Waals surface area contributed by atoms with Gasteiger partial charge in [0.1, 0.15) is 6.17 Å². The highest BCUT2D eigenvalue weighted by Crippen LogP contribution is 2.39. The van der Waals surface area contributed by atoms with Crippen LogP contribution in [-0.2, 0) is 4.79 Å². The van der Waals surface area contributed by atoms with Crippen molar-refractivity contribution in [2.75, 3.05) is 44.2 Å². The van der Waals surface area contributed by atoms with Gasteiger partial charge in [0.2, 0.25) is 5.91 Å².